The second kappa shape index (κ2) is 8.08. The van der Waals surface area contributed by atoms with Crippen LogP contribution in [0.5, 0.6) is 0 Å². The molecular formula is C14H15ClN2O3. The maximum Gasteiger partial charge on any atom is 0.331 e. The Kier molecular flexibility index (Phi) is 6.41. The second-order valence-electron chi connectivity index (χ2n) is 3.87. The van der Waals surface area contributed by atoms with Gasteiger partial charge in [0.2, 0.25) is 0 Å². The molecule has 3 N–H and O–H groups in total. The second-order valence-corrected chi connectivity index (χ2v) is 4.28. The molecule has 1 atom stereocenters. The van der Waals surface area contributed by atoms with Crippen LogP contribution in [0.25, 0.3) is 0 Å². The first kappa shape index (κ1) is 15.9. The van der Waals surface area contributed by atoms with Gasteiger partial charge in [-0.1, -0.05) is 29.8 Å². The number of aliphatic carboxylic acids is 1. The molecule has 1 rings (SSSR count). The minimum Gasteiger partial charge on any atom is -0.479 e. The van der Waals surface area contributed by atoms with Crippen molar-refractivity contribution in [1.82, 2.24) is 10.6 Å². The van der Waals surface area contributed by atoms with Gasteiger partial charge in [-0.05, 0) is 13.0 Å². The van der Waals surface area contributed by atoms with Crippen molar-refractivity contribution >= 4 is 23.6 Å². The van der Waals surface area contributed by atoms with Crippen molar-refractivity contribution in [3.05, 3.63) is 34.9 Å². The molecule has 0 unspecified atom stereocenters. The Morgan fingerprint density at radius 1 is 1.40 bits per heavy atom. The van der Waals surface area contributed by atoms with Crippen LogP contribution in [-0.4, -0.2) is 23.7 Å². The summed E-state index contributed by atoms with van der Waals surface area (Å²) < 4.78 is 0. The first-order valence-electron chi connectivity index (χ1n) is 5.97. The Morgan fingerprint density at radius 2 is 2.10 bits per heavy atom. The third-order valence-corrected chi connectivity index (χ3v) is 2.80. The highest BCUT2D eigenvalue weighted by Crippen LogP contribution is 2.22. The lowest BCUT2D eigenvalue weighted by Crippen LogP contribution is -2.41. The van der Waals surface area contributed by atoms with Gasteiger partial charge in [-0.15, -0.1) is 11.8 Å². The monoisotopic (exact) mass is 294 g/mol. The first-order chi connectivity index (χ1) is 9.56. The van der Waals surface area contributed by atoms with E-state index < -0.39 is 18.0 Å². The van der Waals surface area contributed by atoms with Crippen LogP contribution in [0.2, 0.25) is 5.02 Å². The molecule has 6 heteroatoms. The number of amides is 2. The smallest absolute Gasteiger partial charge is 0.331 e. The fourth-order valence-corrected chi connectivity index (χ4v) is 1.77. The quantitative estimate of drug-likeness (QED) is 0.575. The van der Waals surface area contributed by atoms with E-state index in [-0.39, 0.29) is 5.02 Å². The average molecular weight is 295 g/mol. The lowest BCUT2D eigenvalue weighted by Gasteiger charge is -2.16. The van der Waals surface area contributed by atoms with Crippen molar-refractivity contribution in [2.45, 2.75) is 19.4 Å². The van der Waals surface area contributed by atoms with Gasteiger partial charge in [0.1, 0.15) is 0 Å². The number of halogens is 1. The van der Waals surface area contributed by atoms with Gasteiger partial charge in [0, 0.05) is 23.6 Å². The lowest BCUT2D eigenvalue weighted by atomic mass is 10.1. The lowest BCUT2D eigenvalue weighted by molar-refractivity contribution is -0.139. The number of urea groups is 1. The molecule has 1 aromatic carbocycles. The van der Waals surface area contributed by atoms with Gasteiger partial charge >= 0.3 is 12.0 Å². The van der Waals surface area contributed by atoms with Crippen molar-refractivity contribution in [3.8, 4) is 11.8 Å². The fraction of sp³-hybridized carbons (Fsp3) is 0.286. The molecule has 0 saturated carbocycles. The number of carbonyl (C=O) groups excluding carboxylic acids is 1. The topological polar surface area (TPSA) is 78.4 Å². The summed E-state index contributed by atoms with van der Waals surface area (Å²) in [4.78, 5) is 22.9. The van der Waals surface area contributed by atoms with E-state index in [2.05, 4.69) is 22.5 Å². The summed E-state index contributed by atoms with van der Waals surface area (Å²) >= 11 is 5.94. The Bertz CT molecular complexity index is 549. The molecule has 0 heterocycles. The summed E-state index contributed by atoms with van der Waals surface area (Å²) in [6.07, 6.45) is 0.508. The molecular weight excluding hydrogens is 280 g/mol. The number of hydrogen-bond donors (Lipinski definition) is 3. The zero-order valence-corrected chi connectivity index (χ0v) is 11.7. The maximum absolute atomic E-state index is 11.6. The van der Waals surface area contributed by atoms with Crippen LogP contribution in [0.15, 0.2) is 24.3 Å². The molecule has 5 nitrogen and oxygen atoms in total. The van der Waals surface area contributed by atoms with E-state index in [0.717, 1.165) is 0 Å². The maximum atomic E-state index is 11.6. The van der Waals surface area contributed by atoms with E-state index in [0.29, 0.717) is 18.5 Å². The highest BCUT2D eigenvalue weighted by Gasteiger charge is 2.23. The fourth-order valence-electron chi connectivity index (χ4n) is 1.53. The average Bonchev–Trinajstić information content (AvgIpc) is 2.42. The molecule has 0 bridgehead atoms. The van der Waals surface area contributed by atoms with Gasteiger partial charge in [-0.25, -0.2) is 9.59 Å². The van der Waals surface area contributed by atoms with Crippen LogP contribution in [0.1, 0.15) is 24.9 Å². The van der Waals surface area contributed by atoms with Crippen molar-refractivity contribution in [3.63, 3.8) is 0 Å². The predicted molar refractivity (Wildman–Crippen MR) is 76.4 cm³/mol. The zero-order valence-electron chi connectivity index (χ0n) is 10.9. The van der Waals surface area contributed by atoms with E-state index >= 15 is 0 Å². The van der Waals surface area contributed by atoms with Crippen molar-refractivity contribution in [2.24, 2.45) is 0 Å². The number of nitrogens with one attached hydrogen (secondary N) is 2. The highest BCUT2D eigenvalue weighted by molar-refractivity contribution is 6.31. The largest absolute Gasteiger partial charge is 0.479 e. The molecule has 1 aromatic rings. The van der Waals surface area contributed by atoms with Gasteiger partial charge in [-0.3, -0.25) is 0 Å². The van der Waals surface area contributed by atoms with Crippen LogP contribution in [0.3, 0.4) is 0 Å². The van der Waals surface area contributed by atoms with Crippen LogP contribution in [0, 0.1) is 11.8 Å². The van der Waals surface area contributed by atoms with E-state index in [4.69, 9.17) is 11.6 Å². The van der Waals surface area contributed by atoms with E-state index in [1.807, 2.05) is 0 Å². The molecule has 0 aliphatic carbocycles. The summed E-state index contributed by atoms with van der Waals surface area (Å²) in [5.74, 6) is 4.31. The first-order valence-corrected chi connectivity index (χ1v) is 6.35. The van der Waals surface area contributed by atoms with Gasteiger partial charge in [0.15, 0.2) is 6.04 Å². The Balaban J connectivity index is 2.68. The Labute approximate surface area is 122 Å². The molecule has 20 heavy (non-hydrogen) atoms. The number of carboxylic acids is 1. The van der Waals surface area contributed by atoms with Gasteiger partial charge < -0.3 is 15.7 Å². The van der Waals surface area contributed by atoms with Crippen molar-refractivity contribution in [1.29, 1.82) is 0 Å². The molecule has 0 spiro atoms. The van der Waals surface area contributed by atoms with Gasteiger partial charge in [0.05, 0.1) is 0 Å². The van der Waals surface area contributed by atoms with Crippen LogP contribution >= 0.6 is 11.6 Å². The van der Waals surface area contributed by atoms with Crippen LogP contribution in [-0.2, 0) is 4.79 Å². The number of carbonyl (C=O) groups is 2. The summed E-state index contributed by atoms with van der Waals surface area (Å²) in [6, 6.07) is 4.71. The third kappa shape index (κ3) is 4.82. The molecule has 0 aromatic heterocycles. The summed E-state index contributed by atoms with van der Waals surface area (Å²) in [6.45, 7) is 2.06. The summed E-state index contributed by atoms with van der Waals surface area (Å²) in [5, 5.41) is 14.4. The molecule has 106 valence electrons. The summed E-state index contributed by atoms with van der Waals surface area (Å²) in [7, 11) is 0. The minimum atomic E-state index is -1.19. The third-order valence-electron chi connectivity index (χ3n) is 2.45. The molecule has 2 amide bonds. The van der Waals surface area contributed by atoms with Crippen molar-refractivity contribution < 1.29 is 14.7 Å². The van der Waals surface area contributed by atoms with Crippen molar-refractivity contribution in [2.75, 3.05) is 6.54 Å². The predicted octanol–water partition coefficient (Wildman–Crippen LogP) is 2.18. The van der Waals surface area contributed by atoms with Crippen LogP contribution in [0.4, 0.5) is 4.79 Å². The number of rotatable bonds is 5. The summed E-state index contributed by atoms with van der Waals surface area (Å²) in [5.41, 5.74) is 0.338. The van der Waals surface area contributed by atoms with E-state index in [9.17, 15) is 14.7 Å². The Morgan fingerprint density at radius 3 is 2.70 bits per heavy atom. The van der Waals surface area contributed by atoms with Gasteiger partial charge in [0.25, 0.3) is 0 Å². The molecule has 0 aliphatic rings. The minimum absolute atomic E-state index is 0.289. The zero-order chi connectivity index (χ0) is 15.0. The van der Waals surface area contributed by atoms with E-state index in [1.54, 1.807) is 31.2 Å². The normalized spacial score (nSPS) is 10.9. The molecule has 0 saturated heterocycles. The SMILES string of the molecule is CC#CCCNC(=O)N[C@@H](C(=O)O)c1ccccc1Cl. The number of carboxylic acid groups (broad SMARTS) is 1. The number of benzene rings is 1. The Hall–Kier alpha value is -2.19. The molecule has 0 fully saturated rings. The number of hydrogen-bond acceptors (Lipinski definition) is 2. The van der Waals surface area contributed by atoms with E-state index in [1.165, 1.54) is 0 Å². The molecule has 0 radical (unpaired) electrons. The van der Waals surface area contributed by atoms with Crippen LogP contribution < -0.4 is 10.6 Å². The van der Waals surface area contributed by atoms with Gasteiger partial charge in [-0.2, -0.15) is 0 Å². The standard InChI is InChI=1S/C14H15ClN2O3/c1-2-3-6-9-16-14(20)17-12(13(18)19)10-7-4-5-8-11(10)15/h4-5,7-8,12H,6,9H2,1H3,(H,18,19)(H2,16,17,20)/t12-/m1/s1. The highest BCUT2D eigenvalue weighted by atomic mass is 35.5. The molecule has 0 aliphatic heterocycles.